The van der Waals surface area contributed by atoms with Gasteiger partial charge >= 0.3 is 0 Å². The van der Waals surface area contributed by atoms with E-state index in [1.165, 1.54) is 29.2 Å². The van der Waals surface area contributed by atoms with Gasteiger partial charge in [0, 0.05) is 67.8 Å². The lowest BCUT2D eigenvalue weighted by Gasteiger charge is -2.35. The number of Topliss-reactive ketones (excluding diaryl/α,β-unsaturated/α-hetero) is 1. The van der Waals surface area contributed by atoms with Gasteiger partial charge in [-0.1, -0.05) is 12.1 Å². The smallest absolute Gasteiger partial charge is 0.248 e. The third-order valence-electron chi connectivity index (χ3n) is 7.90. The number of pyridine rings is 1. The Morgan fingerprint density at radius 1 is 1.20 bits per heavy atom. The first-order valence-corrected chi connectivity index (χ1v) is 15.3. The van der Waals surface area contributed by atoms with Crippen LogP contribution in [0.5, 0.6) is 0 Å². The van der Waals surface area contributed by atoms with E-state index in [1.54, 1.807) is 19.1 Å². The van der Waals surface area contributed by atoms with Gasteiger partial charge in [-0.3, -0.25) is 4.79 Å². The molecule has 1 saturated carbocycles. The second-order valence-electron chi connectivity index (χ2n) is 10.9. The van der Waals surface area contributed by atoms with Crippen LogP contribution in [0.2, 0.25) is 0 Å². The third kappa shape index (κ3) is 6.30. The van der Waals surface area contributed by atoms with Crippen molar-refractivity contribution in [2.45, 2.75) is 44.4 Å². The van der Waals surface area contributed by atoms with Crippen molar-refractivity contribution in [1.29, 1.82) is 5.26 Å². The number of carbonyl (C=O) groups excluding carboxylic acids is 1. The topological polar surface area (TPSA) is 109 Å². The van der Waals surface area contributed by atoms with Gasteiger partial charge in [0.25, 0.3) is 0 Å². The number of ketones is 1. The number of halogens is 3. The molecule has 2 aliphatic rings. The summed E-state index contributed by atoms with van der Waals surface area (Å²) >= 11 is 0. The molecule has 0 amide bonds. The van der Waals surface area contributed by atoms with E-state index >= 15 is 0 Å². The van der Waals surface area contributed by atoms with E-state index < -0.39 is 52.2 Å². The molecule has 2 fully saturated rings. The highest BCUT2D eigenvalue weighted by Gasteiger charge is 2.46. The van der Waals surface area contributed by atoms with Crippen molar-refractivity contribution >= 4 is 21.3 Å². The predicted molar refractivity (Wildman–Crippen MR) is 147 cm³/mol. The SMILES string of the molecule is C[C@@H](C#N)CC(=O)[C@@H]1CCC(F)(F)C[C@H]1c1nn(-c2ncccc2F)cc1-c1ccc(N2CCS(=O)(=O)CC2)cc1. The average molecular weight is 586 g/mol. The molecule has 0 radical (unpaired) electrons. The standard InChI is InChI=1S/C29H30F3N5O3S/c1-19(17-33)15-26(38)22-8-9-29(31,32)16-23(22)27-24(18-37(35-27)28-25(30)3-2-10-34-28)20-4-6-21(7-5-20)36-11-13-41(39,40)14-12-36/h2-7,10,18-19,22-23H,8-9,11-16H2,1H3/t19-,22-,23-/m1/s1. The fourth-order valence-corrected chi connectivity index (χ4v) is 6.87. The van der Waals surface area contributed by atoms with Crippen LogP contribution in [0.15, 0.2) is 48.8 Å². The molecule has 0 spiro atoms. The molecule has 0 N–H and O–H groups in total. The molecule has 3 heterocycles. The Kier molecular flexibility index (Phi) is 7.92. The second kappa shape index (κ2) is 11.3. The lowest BCUT2D eigenvalue weighted by Crippen LogP contribution is -2.40. The number of anilines is 1. The summed E-state index contributed by atoms with van der Waals surface area (Å²) in [6, 6.07) is 11.9. The van der Waals surface area contributed by atoms with Crippen molar-refractivity contribution in [3.63, 3.8) is 0 Å². The van der Waals surface area contributed by atoms with Gasteiger partial charge in [-0.2, -0.15) is 10.4 Å². The van der Waals surface area contributed by atoms with Gasteiger partial charge in [0.05, 0.1) is 29.2 Å². The Bertz CT molecular complexity index is 1570. The monoisotopic (exact) mass is 585 g/mol. The minimum atomic E-state index is -3.05. The van der Waals surface area contributed by atoms with Gasteiger partial charge in [0.1, 0.15) is 5.78 Å². The summed E-state index contributed by atoms with van der Waals surface area (Å²) < 4.78 is 69.2. The quantitative estimate of drug-likeness (QED) is 0.386. The molecule has 1 aromatic carbocycles. The van der Waals surface area contributed by atoms with Crippen LogP contribution in [-0.4, -0.2) is 59.5 Å². The van der Waals surface area contributed by atoms with E-state index in [9.17, 15) is 31.6 Å². The highest BCUT2D eigenvalue weighted by atomic mass is 32.2. The molecule has 1 saturated heterocycles. The minimum absolute atomic E-state index is 0.0459. The molecule has 0 bridgehead atoms. The molecule has 8 nitrogen and oxygen atoms in total. The number of aromatic nitrogens is 3. The van der Waals surface area contributed by atoms with Gasteiger partial charge in [-0.05, 0) is 43.2 Å². The van der Waals surface area contributed by atoms with Crippen molar-refractivity contribution in [2.24, 2.45) is 11.8 Å². The summed E-state index contributed by atoms with van der Waals surface area (Å²) in [6.45, 7) is 2.35. The number of alkyl halides is 2. The fourth-order valence-electron chi connectivity index (χ4n) is 5.67. The van der Waals surface area contributed by atoms with Crippen LogP contribution >= 0.6 is 0 Å². The van der Waals surface area contributed by atoms with Crippen LogP contribution in [-0.2, 0) is 14.6 Å². The number of rotatable bonds is 7. The van der Waals surface area contributed by atoms with Crippen LogP contribution in [0.3, 0.4) is 0 Å². The van der Waals surface area contributed by atoms with Gasteiger partial charge < -0.3 is 4.90 Å². The molecular formula is C29H30F3N5O3S. The fraction of sp³-hybridized carbons (Fsp3) is 0.448. The maximum absolute atomic E-state index is 14.8. The van der Waals surface area contributed by atoms with Crippen LogP contribution in [0.4, 0.5) is 18.9 Å². The highest BCUT2D eigenvalue weighted by Crippen LogP contribution is 2.48. The van der Waals surface area contributed by atoms with Crippen LogP contribution in [0.1, 0.15) is 44.2 Å². The molecule has 3 aromatic rings. The zero-order chi connectivity index (χ0) is 29.4. The van der Waals surface area contributed by atoms with Crippen LogP contribution in [0.25, 0.3) is 16.9 Å². The maximum Gasteiger partial charge on any atom is 0.248 e. The maximum atomic E-state index is 14.8. The number of benzene rings is 1. The lowest BCUT2D eigenvalue weighted by molar-refractivity contribution is -0.129. The summed E-state index contributed by atoms with van der Waals surface area (Å²) in [4.78, 5) is 19.3. The van der Waals surface area contributed by atoms with E-state index in [0.717, 1.165) is 5.69 Å². The van der Waals surface area contributed by atoms with Crippen molar-refractivity contribution in [3.8, 4) is 23.0 Å². The molecule has 0 unspecified atom stereocenters. The van der Waals surface area contributed by atoms with Gasteiger partial charge in [0.2, 0.25) is 5.92 Å². The number of nitrogens with zero attached hydrogens (tertiary/aromatic N) is 5. The zero-order valence-electron chi connectivity index (χ0n) is 22.5. The van der Waals surface area contributed by atoms with Crippen molar-refractivity contribution in [1.82, 2.24) is 14.8 Å². The van der Waals surface area contributed by atoms with E-state index in [1.807, 2.05) is 23.1 Å². The molecule has 216 valence electrons. The van der Waals surface area contributed by atoms with Gasteiger partial charge in [-0.15, -0.1) is 0 Å². The Hall–Kier alpha value is -3.72. The van der Waals surface area contributed by atoms with Crippen molar-refractivity contribution < 1.29 is 26.4 Å². The van der Waals surface area contributed by atoms with Crippen molar-refractivity contribution in [2.75, 3.05) is 29.5 Å². The Labute approximate surface area is 236 Å². The Balaban J connectivity index is 1.56. The molecule has 5 rings (SSSR count). The second-order valence-corrected chi connectivity index (χ2v) is 13.2. The predicted octanol–water partition coefficient (Wildman–Crippen LogP) is 4.95. The molecule has 1 aliphatic heterocycles. The Morgan fingerprint density at radius 2 is 1.90 bits per heavy atom. The molecule has 1 aliphatic carbocycles. The first kappa shape index (κ1) is 28.8. The van der Waals surface area contributed by atoms with E-state index in [0.29, 0.717) is 24.2 Å². The summed E-state index contributed by atoms with van der Waals surface area (Å²) in [5, 5.41) is 13.8. The number of hydrogen-bond acceptors (Lipinski definition) is 7. The molecule has 41 heavy (non-hydrogen) atoms. The summed E-state index contributed by atoms with van der Waals surface area (Å²) in [5.41, 5.74) is 2.16. The van der Waals surface area contributed by atoms with E-state index in [4.69, 9.17) is 0 Å². The molecule has 12 heteroatoms. The number of nitriles is 1. The summed E-state index contributed by atoms with van der Waals surface area (Å²) in [6.07, 6.45) is 1.81. The summed E-state index contributed by atoms with van der Waals surface area (Å²) in [5.74, 6) is -6.17. The summed E-state index contributed by atoms with van der Waals surface area (Å²) in [7, 11) is -3.05. The van der Waals surface area contributed by atoms with Gasteiger partial charge in [0.15, 0.2) is 21.5 Å². The highest BCUT2D eigenvalue weighted by molar-refractivity contribution is 7.91. The van der Waals surface area contributed by atoms with Crippen LogP contribution in [0, 0.1) is 29.0 Å². The molecule has 2 aromatic heterocycles. The minimum Gasteiger partial charge on any atom is -0.369 e. The number of carbonyl (C=O) groups is 1. The lowest BCUT2D eigenvalue weighted by atomic mass is 9.71. The molecule has 3 atom stereocenters. The third-order valence-corrected chi connectivity index (χ3v) is 9.51. The van der Waals surface area contributed by atoms with E-state index in [-0.39, 0.29) is 41.6 Å². The number of hydrogen-bond donors (Lipinski definition) is 0. The van der Waals surface area contributed by atoms with Crippen molar-refractivity contribution in [3.05, 3.63) is 60.3 Å². The average Bonchev–Trinajstić information content (AvgIpc) is 3.38. The zero-order valence-corrected chi connectivity index (χ0v) is 23.3. The normalized spacial score (nSPS) is 22.6. The largest absolute Gasteiger partial charge is 0.369 e. The first-order valence-electron chi connectivity index (χ1n) is 13.5. The number of sulfone groups is 1. The Morgan fingerprint density at radius 3 is 2.56 bits per heavy atom. The molecular weight excluding hydrogens is 555 g/mol. The first-order chi connectivity index (χ1) is 19.5. The van der Waals surface area contributed by atoms with Gasteiger partial charge in [-0.25, -0.2) is 31.3 Å². The van der Waals surface area contributed by atoms with Crippen LogP contribution < -0.4 is 4.90 Å². The van der Waals surface area contributed by atoms with E-state index in [2.05, 4.69) is 10.1 Å².